The molecule has 0 aromatic rings. The highest BCUT2D eigenvalue weighted by atomic mass is 16.4. The fourth-order valence-electron chi connectivity index (χ4n) is 2.87. The molecule has 0 aromatic carbocycles. The lowest BCUT2D eigenvalue weighted by Gasteiger charge is -2.27. The molecular formula is C12H20N2O5. The summed E-state index contributed by atoms with van der Waals surface area (Å²) in [6.07, 6.45) is 0.824. The van der Waals surface area contributed by atoms with Crippen LogP contribution in [0.3, 0.4) is 0 Å². The predicted molar refractivity (Wildman–Crippen MR) is 65.5 cm³/mol. The number of urea groups is 1. The van der Waals surface area contributed by atoms with Gasteiger partial charge in [-0.1, -0.05) is 0 Å². The van der Waals surface area contributed by atoms with Crippen LogP contribution in [0.4, 0.5) is 4.79 Å². The minimum absolute atomic E-state index is 0.0803. The smallest absolute Gasteiger partial charge is 0.326 e. The van der Waals surface area contributed by atoms with Crippen LogP contribution in [0.2, 0.25) is 0 Å². The second-order valence-corrected chi connectivity index (χ2v) is 5.29. The molecule has 7 nitrogen and oxygen atoms in total. The monoisotopic (exact) mass is 272 g/mol. The molecule has 0 aliphatic carbocycles. The highest BCUT2D eigenvalue weighted by Gasteiger charge is 2.41. The number of aliphatic carboxylic acids is 1. The fraction of sp³-hybridized carbons (Fsp3) is 0.833. The van der Waals surface area contributed by atoms with E-state index in [1.807, 2.05) is 0 Å². The van der Waals surface area contributed by atoms with E-state index in [-0.39, 0.29) is 31.5 Å². The molecule has 19 heavy (non-hydrogen) atoms. The molecule has 2 rings (SSSR count). The van der Waals surface area contributed by atoms with Gasteiger partial charge in [-0.25, -0.2) is 9.59 Å². The molecule has 3 atom stereocenters. The Labute approximate surface area is 111 Å². The number of carboxylic acids is 1. The van der Waals surface area contributed by atoms with E-state index in [0.29, 0.717) is 19.5 Å². The third-order valence-electron chi connectivity index (χ3n) is 3.90. The fourth-order valence-corrected chi connectivity index (χ4v) is 2.87. The summed E-state index contributed by atoms with van der Waals surface area (Å²) in [7, 11) is 0. The lowest BCUT2D eigenvalue weighted by Crippen LogP contribution is -2.47. The van der Waals surface area contributed by atoms with Crippen LogP contribution in [0.25, 0.3) is 0 Å². The summed E-state index contributed by atoms with van der Waals surface area (Å²) in [5, 5.41) is 27.5. The topological polar surface area (TPSA) is 101 Å². The molecule has 2 aliphatic rings. The van der Waals surface area contributed by atoms with E-state index in [1.54, 1.807) is 4.90 Å². The number of hydrogen-bond acceptors (Lipinski definition) is 4. The average Bonchev–Trinajstić information content (AvgIpc) is 2.95. The van der Waals surface area contributed by atoms with Crippen molar-refractivity contribution in [3.05, 3.63) is 0 Å². The van der Waals surface area contributed by atoms with Crippen molar-refractivity contribution in [3.8, 4) is 0 Å². The molecule has 0 bridgehead atoms. The Bertz CT molecular complexity index is 362. The van der Waals surface area contributed by atoms with E-state index in [2.05, 4.69) is 0 Å². The zero-order valence-corrected chi connectivity index (χ0v) is 10.7. The van der Waals surface area contributed by atoms with E-state index >= 15 is 0 Å². The molecule has 2 saturated heterocycles. The molecule has 2 fully saturated rings. The van der Waals surface area contributed by atoms with Gasteiger partial charge in [-0.15, -0.1) is 0 Å². The number of rotatable bonds is 3. The van der Waals surface area contributed by atoms with Gasteiger partial charge in [-0.2, -0.15) is 0 Å². The maximum atomic E-state index is 12.3. The van der Waals surface area contributed by atoms with Crippen molar-refractivity contribution in [2.45, 2.75) is 31.4 Å². The van der Waals surface area contributed by atoms with Crippen molar-refractivity contribution < 1.29 is 24.9 Å². The molecule has 3 N–H and O–H groups in total. The van der Waals surface area contributed by atoms with Crippen LogP contribution in [-0.2, 0) is 4.79 Å². The molecule has 2 heterocycles. The van der Waals surface area contributed by atoms with Gasteiger partial charge in [0.1, 0.15) is 6.04 Å². The van der Waals surface area contributed by atoms with Crippen LogP contribution in [0, 0.1) is 5.92 Å². The number of hydrogen-bond donors (Lipinski definition) is 3. The summed E-state index contributed by atoms with van der Waals surface area (Å²) < 4.78 is 0. The Morgan fingerprint density at radius 1 is 1.26 bits per heavy atom. The first-order valence-electron chi connectivity index (χ1n) is 6.60. The van der Waals surface area contributed by atoms with Crippen LogP contribution in [0.5, 0.6) is 0 Å². The minimum Gasteiger partial charge on any atom is -0.480 e. The van der Waals surface area contributed by atoms with Gasteiger partial charge in [-0.05, 0) is 18.8 Å². The Hall–Kier alpha value is -1.34. The van der Waals surface area contributed by atoms with E-state index in [1.165, 1.54) is 4.90 Å². The molecule has 0 spiro atoms. The van der Waals surface area contributed by atoms with Crippen molar-refractivity contribution in [1.29, 1.82) is 0 Å². The third kappa shape index (κ3) is 2.98. The van der Waals surface area contributed by atoms with Gasteiger partial charge >= 0.3 is 12.0 Å². The second kappa shape index (κ2) is 5.75. The Morgan fingerprint density at radius 3 is 2.63 bits per heavy atom. The lowest BCUT2D eigenvalue weighted by atomic mass is 10.1. The van der Waals surface area contributed by atoms with Crippen LogP contribution in [0.1, 0.15) is 19.3 Å². The number of carbonyl (C=O) groups excluding carboxylic acids is 1. The van der Waals surface area contributed by atoms with Crippen LogP contribution < -0.4 is 0 Å². The van der Waals surface area contributed by atoms with Crippen LogP contribution in [0.15, 0.2) is 0 Å². The number of β-amino-alcohol motifs (C(OH)–C–C–N with tert-alkyl or cyclic N) is 1. The van der Waals surface area contributed by atoms with E-state index in [4.69, 9.17) is 10.2 Å². The number of carbonyl (C=O) groups is 2. The predicted octanol–water partition coefficient (Wildman–Crippen LogP) is -0.669. The van der Waals surface area contributed by atoms with E-state index in [9.17, 15) is 14.7 Å². The molecule has 2 aliphatic heterocycles. The van der Waals surface area contributed by atoms with Gasteiger partial charge in [0.05, 0.1) is 6.10 Å². The first-order valence-corrected chi connectivity index (χ1v) is 6.60. The zero-order chi connectivity index (χ0) is 14.0. The molecule has 108 valence electrons. The molecular weight excluding hydrogens is 252 g/mol. The van der Waals surface area contributed by atoms with Crippen molar-refractivity contribution in [2.24, 2.45) is 5.92 Å². The maximum Gasteiger partial charge on any atom is 0.326 e. The highest BCUT2D eigenvalue weighted by molar-refractivity contribution is 5.83. The van der Waals surface area contributed by atoms with Crippen molar-refractivity contribution >= 4 is 12.0 Å². The summed E-state index contributed by atoms with van der Waals surface area (Å²) in [4.78, 5) is 26.2. The number of likely N-dealkylation sites (tertiary alicyclic amines) is 2. The normalized spacial score (nSPS) is 30.9. The van der Waals surface area contributed by atoms with Gasteiger partial charge in [0.2, 0.25) is 0 Å². The van der Waals surface area contributed by atoms with Gasteiger partial charge in [-0.3, -0.25) is 0 Å². The van der Waals surface area contributed by atoms with Gasteiger partial charge in [0.25, 0.3) is 0 Å². The summed E-state index contributed by atoms with van der Waals surface area (Å²) in [5.74, 6) is -0.791. The first-order chi connectivity index (χ1) is 9.02. The number of aliphatic hydroxyl groups excluding tert-OH is 2. The summed E-state index contributed by atoms with van der Waals surface area (Å²) in [6.45, 7) is 1.32. The second-order valence-electron chi connectivity index (χ2n) is 5.29. The lowest BCUT2D eigenvalue weighted by molar-refractivity contribution is -0.141. The Morgan fingerprint density at radius 2 is 2.00 bits per heavy atom. The molecule has 7 heteroatoms. The van der Waals surface area contributed by atoms with Crippen LogP contribution >= 0.6 is 0 Å². The first kappa shape index (κ1) is 14.1. The third-order valence-corrected chi connectivity index (χ3v) is 3.90. The molecule has 2 amide bonds. The highest BCUT2D eigenvalue weighted by Crippen LogP contribution is 2.24. The number of aliphatic hydroxyl groups is 2. The molecule has 0 radical (unpaired) electrons. The minimum atomic E-state index is -1.07. The quantitative estimate of drug-likeness (QED) is 0.632. The SMILES string of the molecule is O=C(O)[C@@H]1CC(O)CN1C(=O)N1CCC(CCO)C1. The Kier molecular flexibility index (Phi) is 4.26. The average molecular weight is 272 g/mol. The van der Waals surface area contributed by atoms with Crippen molar-refractivity contribution in [1.82, 2.24) is 9.80 Å². The molecule has 2 unspecified atom stereocenters. The Balaban J connectivity index is 1.97. The maximum absolute atomic E-state index is 12.3. The number of carboxylic acid groups (broad SMARTS) is 1. The van der Waals surface area contributed by atoms with Gasteiger partial charge in [0.15, 0.2) is 0 Å². The van der Waals surface area contributed by atoms with Crippen molar-refractivity contribution in [3.63, 3.8) is 0 Å². The van der Waals surface area contributed by atoms with E-state index < -0.39 is 18.1 Å². The summed E-state index contributed by atoms with van der Waals surface area (Å²) in [6, 6.07) is -1.25. The number of amides is 2. The summed E-state index contributed by atoms with van der Waals surface area (Å²) in [5.41, 5.74) is 0. The van der Waals surface area contributed by atoms with Gasteiger partial charge in [0, 0.05) is 32.7 Å². The zero-order valence-electron chi connectivity index (χ0n) is 10.7. The molecule has 0 aromatic heterocycles. The van der Waals surface area contributed by atoms with Gasteiger partial charge < -0.3 is 25.1 Å². The summed E-state index contributed by atoms with van der Waals surface area (Å²) >= 11 is 0. The van der Waals surface area contributed by atoms with E-state index in [0.717, 1.165) is 6.42 Å². The molecule has 0 saturated carbocycles. The number of nitrogens with zero attached hydrogens (tertiary/aromatic N) is 2. The standard InChI is InChI=1S/C12H20N2O5/c15-4-2-8-1-3-13(6-8)12(19)14-7-9(16)5-10(14)11(17)18/h8-10,15-16H,1-7H2,(H,17,18)/t8?,9?,10-/m0/s1. The van der Waals surface area contributed by atoms with Crippen LogP contribution in [-0.4, -0.2) is 75.5 Å². The van der Waals surface area contributed by atoms with Crippen molar-refractivity contribution in [2.75, 3.05) is 26.2 Å². The largest absolute Gasteiger partial charge is 0.480 e.